The van der Waals surface area contributed by atoms with Crippen molar-refractivity contribution in [3.8, 4) is 0 Å². The van der Waals surface area contributed by atoms with Gasteiger partial charge in [-0.15, -0.1) is 0 Å². The first kappa shape index (κ1) is 10.6. The molecule has 0 fully saturated rings. The number of hydrazine groups is 1. The molecule has 1 aromatic heterocycles. The minimum absolute atomic E-state index is 0.292. The van der Waals surface area contributed by atoms with Crippen LogP contribution in [0.1, 0.15) is 5.69 Å². The molecule has 1 aliphatic heterocycles. The van der Waals surface area contributed by atoms with Crippen LogP contribution in [0.3, 0.4) is 0 Å². The fourth-order valence-corrected chi connectivity index (χ4v) is 1.38. The van der Waals surface area contributed by atoms with Crippen LogP contribution in [0.5, 0.6) is 0 Å². The Bertz CT molecular complexity index is 405. The van der Waals surface area contributed by atoms with Crippen LogP contribution in [0.2, 0.25) is 0 Å². The van der Waals surface area contributed by atoms with Gasteiger partial charge >= 0.3 is 0 Å². The van der Waals surface area contributed by atoms with Gasteiger partial charge in [0, 0.05) is 18.3 Å². The van der Waals surface area contributed by atoms with Crippen LogP contribution >= 0.6 is 0 Å². The number of carbonyl (C=O) groups excluding carboxylic acids is 1. The molecule has 0 saturated carbocycles. The quantitative estimate of drug-likeness (QED) is 0.611. The van der Waals surface area contributed by atoms with E-state index in [0.29, 0.717) is 12.3 Å². The molecule has 84 valence electrons. The van der Waals surface area contributed by atoms with E-state index in [1.807, 2.05) is 18.2 Å². The Morgan fingerprint density at radius 3 is 2.94 bits per heavy atom. The van der Waals surface area contributed by atoms with Crippen LogP contribution in [-0.2, 0) is 11.2 Å². The Balaban J connectivity index is 2.08. The number of amides is 1. The SMILES string of the molecule is O=C1NNC(Cc2ccccn2)=NC1CO. The van der Waals surface area contributed by atoms with Gasteiger partial charge in [0.05, 0.1) is 6.61 Å². The van der Waals surface area contributed by atoms with Crippen molar-refractivity contribution >= 4 is 11.7 Å². The van der Waals surface area contributed by atoms with E-state index in [1.165, 1.54) is 0 Å². The second-order valence-corrected chi connectivity index (χ2v) is 3.39. The van der Waals surface area contributed by atoms with E-state index < -0.39 is 6.04 Å². The highest BCUT2D eigenvalue weighted by Crippen LogP contribution is 2.00. The minimum atomic E-state index is -0.722. The standard InChI is InChI=1S/C10H12N4O2/c15-6-8-10(16)14-13-9(12-8)5-7-3-1-2-4-11-7/h1-4,8,15H,5-6H2,(H,12,13)(H,14,16). The molecule has 0 spiro atoms. The molecule has 1 aromatic rings. The van der Waals surface area contributed by atoms with Crippen LogP contribution in [0, 0.1) is 0 Å². The summed E-state index contributed by atoms with van der Waals surface area (Å²) in [7, 11) is 0. The number of hydrogen-bond acceptors (Lipinski definition) is 5. The van der Waals surface area contributed by atoms with Crippen molar-refractivity contribution in [2.75, 3.05) is 6.61 Å². The lowest BCUT2D eigenvalue weighted by molar-refractivity contribution is -0.124. The number of rotatable bonds is 3. The minimum Gasteiger partial charge on any atom is -0.394 e. The highest BCUT2D eigenvalue weighted by atomic mass is 16.3. The van der Waals surface area contributed by atoms with E-state index in [0.717, 1.165) is 5.69 Å². The van der Waals surface area contributed by atoms with Gasteiger partial charge in [0.1, 0.15) is 5.84 Å². The lowest BCUT2D eigenvalue weighted by Gasteiger charge is -2.20. The van der Waals surface area contributed by atoms with Crippen molar-refractivity contribution in [3.05, 3.63) is 30.1 Å². The molecule has 0 aromatic carbocycles. The second-order valence-electron chi connectivity index (χ2n) is 3.39. The first-order valence-electron chi connectivity index (χ1n) is 4.93. The summed E-state index contributed by atoms with van der Waals surface area (Å²) >= 11 is 0. The number of aromatic nitrogens is 1. The third-order valence-corrected chi connectivity index (χ3v) is 2.19. The first-order chi connectivity index (χ1) is 7.79. The largest absolute Gasteiger partial charge is 0.394 e. The maximum absolute atomic E-state index is 11.2. The van der Waals surface area contributed by atoms with Gasteiger partial charge in [-0.1, -0.05) is 6.07 Å². The van der Waals surface area contributed by atoms with Gasteiger partial charge in [-0.3, -0.25) is 25.6 Å². The average molecular weight is 220 g/mol. The second kappa shape index (κ2) is 4.71. The predicted molar refractivity (Wildman–Crippen MR) is 57.5 cm³/mol. The van der Waals surface area contributed by atoms with Crippen LogP contribution < -0.4 is 10.9 Å². The molecule has 2 heterocycles. The van der Waals surface area contributed by atoms with Crippen molar-refractivity contribution in [1.29, 1.82) is 0 Å². The van der Waals surface area contributed by atoms with E-state index in [2.05, 4.69) is 20.8 Å². The number of hydrogen-bond donors (Lipinski definition) is 3. The predicted octanol–water partition coefficient (Wildman–Crippen LogP) is -0.982. The molecule has 6 heteroatoms. The summed E-state index contributed by atoms with van der Waals surface area (Å²) in [6.45, 7) is -0.292. The molecule has 0 aliphatic carbocycles. The Kier molecular flexibility index (Phi) is 3.11. The summed E-state index contributed by atoms with van der Waals surface area (Å²) in [5, 5.41) is 8.93. The Hall–Kier alpha value is -1.95. The van der Waals surface area contributed by atoms with Gasteiger partial charge in [-0.25, -0.2) is 0 Å². The number of carbonyl (C=O) groups is 1. The number of amidine groups is 1. The summed E-state index contributed by atoms with van der Waals surface area (Å²) in [6.07, 6.45) is 2.19. The number of aliphatic hydroxyl groups excluding tert-OH is 1. The van der Waals surface area contributed by atoms with Crippen molar-refractivity contribution in [2.45, 2.75) is 12.5 Å². The molecule has 1 unspecified atom stereocenters. The van der Waals surface area contributed by atoms with Crippen molar-refractivity contribution < 1.29 is 9.90 Å². The van der Waals surface area contributed by atoms with Gasteiger partial charge in [0.15, 0.2) is 6.04 Å². The third-order valence-electron chi connectivity index (χ3n) is 2.19. The highest BCUT2D eigenvalue weighted by molar-refractivity contribution is 5.94. The van der Waals surface area contributed by atoms with E-state index in [1.54, 1.807) is 6.20 Å². The molecule has 6 nitrogen and oxygen atoms in total. The summed E-state index contributed by atoms with van der Waals surface area (Å²) in [5.74, 6) is 0.268. The molecule has 0 saturated heterocycles. The molecule has 3 N–H and O–H groups in total. The molecule has 1 amide bonds. The zero-order valence-corrected chi connectivity index (χ0v) is 8.55. The lowest BCUT2D eigenvalue weighted by atomic mass is 10.2. The fourth-order valence-electron chi connectivity index (χ4n) is 1.38. The molecular formula is C10H12N4O2. The summed E-state index contributed by atoms with van der Waals surface area (Å²) in [6, 6.07) is 4.86. The highest BCUT2D eigenvalue weighted by Gasteiger charge is 2.21. The number of pyridine rings is 1. The maximum atomic E-state index is 11.2. The van der Waals surface area contributed by atoms with Crippen LogP contribution in [-0.4, -0.2) is 34.5 Å². The number of aliphatic hydroxyl groups is 1. The topological polar surface area (TPSA) is 86.6 Å². The van der Waals surface area contributed by atoms with E-state index in [-0.39, 0.29) is 12.5 Å². The first-order valence-corrected chi connectivity index (χ1v) is 4.93. The van der Waals surface area contributed by atoms with Crippen molar-refractivity contribution in [3.63, 3.8) is 0 Å². The monoisotopic (exact) mass is 220 g/mol. The zero-order chi connectivity index (χ0) is 11.4. The Labute approximate surface area is 92.4 Å². The zero-order valence-electron chi connectivity index (χ0n) is 8.55. The molecule has 1 atom stereocenters. The van der Waals surface area contributed by atoms with Crippen LogP contribution in [0.25, 0.3) is 0 Å². The molecule has 0 bridgehead atoms. The third kappa shape index (κ3) is 2.34. The smallest absolute Gasteiger partial charge is 0.265 e. The normalized spacial score (nSPS) is 19.7. The summed E-state index contributed by atoms with van der Waals surface area (Å²) in [4.78, 5) is 19.4. The number of aliphatic imine (C=N–C) groups is 1. The van der Waals surface area contributed by atoms with Gasteiger partial charge in [-0.05, 0) is 12.1 Å². The molecule has 0 radical (unpaired) electrons. The number of nitrogens with one attached hydrogen (secondary N) is 2. The number of nitrogens with zero attached hydrogens (tertiary/aromatic N) is 2. The summed E-state index contributed by atoms with van der Waals surface area (Å²) < 4.78 is 0. The van der Waals surface area contributed by atoms with E-state index in [4.69, 9.17) is 5.11 Å². The fraction of sp³-hybridized carbons (Fsp3) is 0.300. The lowest BCUT2D eigenvalue weighted by Crippen LogP contribution is -2.52. The molecule has 16 heavy (non-hydrogen) atoms. The maximum Gasteiger partial charge on any atom is 0.265 e. The van der Waals surface area contributed by atoms with Crippen molar-refractivity contribution in [1.82, 2.24) is 15.8 Å². The molecule has 2 rings (SSSR count). The van der Waals surface area contributed by atoms with E-state index in [9.17, 15) is 4.79 Å². The molecule has 1 aliphatic rings. The Morgan fingerprint density at radius 2 is 2.25 bits per heavy atom. The summed E-state index contributed by atoms with van der Waals surface area (Å²) in [5.41, 5.74) is 5.98. The van der Waals surface area contributed by atoms with E-state index >= 15 is 0 Å². The van der Waals surface area contributed by atoms with Gasteiger partial charge in [0.25, 0.3) is 5.91 Å². The average Bonchev–Trinajstić information content (AvgIpc) is 2.33. The van der Waals surface area contributed by atoms with Gasteiger partial charge in [0.2, 0.25) is 0 Å². The van der Waals surface area contributed by atoms with Crippen LogP contribution in [0.15, 0.2) is 29.4 Å². The molecular weight excluding hydrogens is 208 g/mol. The van der Waals surface area contributed by atoms with Crippen LogP contribution in [0.4, 0.5) is 0 Å². The van der Waals surface area contributed by atoms with Gasteiger partial charge in [-0.2, -0.15) is 0 Å². The van der Waals surface area contributed by atoms with Crippen molar-refractivity contribution in [2.24, 2.45) is 4.99 Å². The van der Waals surface area contributed by atoms with Gasteiger partial charge < -0.3 is 5.11 Å². The Morgan fingerprint density at radius 1 is 1.38 bits per heavy atom.